The van der Waals surface area contributed by atoms with Crippen LogP contribution in [0.4, 0.5) is 0 Å². The van der Waals surface area contributed by atoms with Gasteiger partial charge in [0.05, 0.1) is 6.04 Å². The van der Waals surface area contributed by atoms with Gasteiger partial charge < -0.3 is 5.32 Å². The normalized spacial score (nSPS) is 13.0. The van der Waals surface area contributed by atoms with Crippen molar-refractivity contribution in [1.82, 2.24) is 5.32 Å². The van der Waals surface area contributed by atoms with Gasteiger partial charge in [0.15, 0.2) is 0 Å². The van der Waals surface area contributed by atoms with Crippen LogP contribution in [0.25, 0.3) is 0 Å². The molecule has 1 atom stereocenters. The lowest BCUT2D eigenvalue weighted by Gasteiger charge is -2.05. The van der Waals surface area contributed by atoms with Crippen LogP contribution in [0.5, 0.6) is 0 Å². The molecule has 0 saturated heterocycles. The van der Waals surface area contributed by atoms with Crippen LogP contribution in [0.3, 0.4) is 0 Å². The van der Waals surface area contributed by atoms with E-state index in [1.807, 2.05) is 6.29 Å². The maximum Gasteiger partial charge on any atom is 0.217 e. The first-order chi connectivity index (χ1) is 4.85. The van der Waals surface area contributed by atoms with Crippen LogP contribution in [0.2, 0.25) is 0 Å². The molecule has 0 unspecified atom stereocenters. The van der Waals surface area contributed by atoms with E-state index in [-0.39, 0.29) is 6.04 Å². The second kappa shape index (κ2) is 7.44. The fraction of sp³-hybridized carbons (Fsp3) is 0.833. The molecular weight excluding hydrogens is 166 g/mol. The Balaban J connectivity index is 3.17. The van der Waals surface area contributed by atoms with Gasteiger partial charge in [0, 0.05) is 11.5 Å². The van der Waals surface area contributed by atoms with E-state index in [2.05, 4.69) is 17.9 Å². The summed E-state index contributed by atoms with van der Waals surface area (Å²) in [6.45, 7) is 0. The van der Waals surface area contributed by atoms with Gasteiger partial charge >= 0.3 is 0 Å². The Kier molecular flexibility index (Phi) is 7.68. The van der Waals surface area contributed by atoms with Crippen molar-refractivity contribution in [2.45, 2.75) is 6.04 Å². The van der Waals surface area contributed by atoms with Crippen molar-refractivity contribution >= 4 is 30.7 Å². The second-order valence-electron chi connectivity index (χ2n) is 1.76. The number of likely N-dealkylation sites (N-methyl/N-ethyl adjacent to an activating group) is 1. The standard InChI is InChI=1S/C6H12NOS2/c1-7-6(4-8)5-10-3-2-9/h6-7,9H,2-3,5H2,1H3/t6-/m1/s1. The number of nitrogens with one attached hydrogen (secondary N) is 1. The molecular formula is C6H12NOS2. The van der Waals surface area contributed by atoms with Gasteiger partial charge in [-0.25, -0.2) is 0 Å². The predicted molar refractivity (Wildman–Crippen MR) is 49.7 cm³/mol. The molecule has 1 N–H and O–H groups in total. The van der Waals surface area contributed by atoms with E-state index < -0.39 is 0 Å². The first-order valence-corrected chi connectivity index (χ1v) is 4.87. The Morgan fingerprint density at radius 3 is 2.90 bits per heavy atom. The van der Waals surface area contributed by atoms with E-state index in [0.717, 1.165) is 17.3 Å². The maximum absolute atomic E-state index is 10.1. The van der Waals surface area contributed by atoms with E-state index in [1.54, 1.807) is 18.8 Å². The highest BCUT2D eigenvalue weighted by atomic mass is 32.2. The fourth-order valence-corrected chi connectivity index (χ4v) is 1.60. The summed E-state index contributed by atoms with van der Waals surface area (Å²) in [5.74, 6) is 2.64. The number of thioether (sulfide) groups is 1. The molecule has 4 heteroatoms. The van der Waals surface area contributed by atoms with Crippen molar-refractivity contribution < 1.29 is 4.79 Å². The van der Waals surface area contributed by atoms with Gasteiger partial charge in [-0.1, -0.05) is 0 Å². The highest BCUT2D eigenvalue weighted by Gasteiger charge is 2.02. The summed E-state index contributed by atoms with van der Waals surface area (Å²) in [6, 6.07) is -0.120. The molecule has 0 amide bonds. The minimum Gasteiger partial charge on any atom is -0.309 e. The second-order valence-corrected chi connectivity index (χ2v) is 3.35. The number of hydrogen-bond acceptors (Lipinski definition) is 4. The third-order valence-electron chi connectivity index (χ3n) is 1.01. The third-order valence-corrected chi connectivity index (χ3v) is 2.60. The topological polar surface area (TPSA) is 29.1 Å². The molecule has 0 aromatic carbocycles. The number of thiol groups is 1. The average molecular weight is 178 g/mol. The van der Waals surface area contributed by atoms with E-state index in [4.69, 9.17) is 0 Å². The largest absolute Gasteiger partial charge is 0.309 e. The van der Waals surface area contributed by atoms with Crippen LogP contribution in [-0.2, 0) is 4.79 Å². The van der Waals surface area contributed by atoms with E-state index >= 15 is 0 Å². The Hall–Kier alpha value is 0.330. The van der Waals surface area contributed by atoms with Gasteiger partial charge in [0.25, 0.3) is 0 Å². The minimum absolute atomic E-state index is 0.120. The summed E-state index contributed by atoms with van der Waals surface area (Å²) < 4.78 is 0. The van der Waals surface area contributed by atoms with Crippen LogP contribution in [0, 0.1) is 0 Å². The quantitative estimate of drug-likeness (QED) is 0.454. The van der Waals surface area contributed by atoms with Crippen LogP contribution >= 0.6 is 24.4 Å². The lowest BCUT2D eigenvalue weighted by atomic mass is 10.4. The Labute approximate surface area is 71.6 Å². The fourth-order valence-electron chi connectivity index (χ4n) is 0.442. The van der Waals surface area contributed by atoms with Crippen molar-refractivity contribution in [2.24, 2.45) is 0 Å². The summed E-state index contributed by atoms with van der Waals surface area (Å²) >= 11 is 5.75. The van der Waals surface area contributed by atoms with E-state index in [1.165, 1.54) is 0 Å². The van der Waals surface area contributed by atoms with Crippen molar-refractivity contribution in [2.75, 3.05) is 24.3 Å². The van der Waals surface area contributed by atoms with Crippen molar-refractivity contribution in [3.63, 3.8) is 0 Å². The lowest BCUT2D eigenvalue weighted by Crippen LogP contribution is -2.29. The predicted octanol–water partition coefficient (Wildman–Crippen LogP) is 0.347. The molecule has 2 nitrogen and oxygen atoms in total. The van der Waals surface area contributed by atoms with E-state index in [0.29, 0.717) is 0 Å². The SMILES string of the molecule is CN[C@H]([C]=O)CSCCS. The van der Waals surface area contributed by atoms with Gasteiger partial charge in [-0.3, -0.25) is 4.79 Å². The minimum atomic E-state index is -0.120. The third kappa shape index (κ3) is 5.14. The molecule has 0 fully saturated rings. The maximum atomic E-state index is 10.1. The average Bonchev–Trinajstić information content (AvgIpc) is 1.99. The van der Waals surface area contributed by atoms with Crippen molar-refractivity contribution in [1.29, 1.82) is 0 Å². The van der Waals surface area contributed by atoms with Gasteiger partial charge in [0.2, 0.25) is 6.29 Å². The van der Waals surface area contributed by atoms with Crippen molar-refractivity contribution in [3.8, 4) is 0 Å². The van der Waals surface area contributed by atoms with Gasteiger partial charge in [0.1, 0.15) is 0 Å². The van der Waals surface area contributed by atoms with Gasteiger partial charge in [-0.2, -0.15) is 24.4 Å². The highest BCUT2D eigenvalue weighted by Crippen LogP contribution is 2.01. The lowest BCUT2D eigenvalue weighted by molar-refractivity contribution is 0.536. The molecule has 0 aliphatic carbocycles. The first-order valence-electron chi connectivity index (χ1n) is 3.08. The summed E-state index contributed by atoms with van der Waals surface area (Å²) in [5, 5.41) is 2.84. The summed E-state index contributed by atoms with van der Waals surface area (Å²) in [6.07, 6.45) is 1.90. The molecule has 0 aliphatic heterocycles. The molecule has 0 aliphatic rings. The van der Waals surface area contributed by atoms with Crippen molar-refractivity contribution in [3.05, 3.63) is 0 Å². The smallest absolute Gasteiger partial charge is 0.217 e. The number of rotatable bonds is 6. The first kappa shape index (κ1) is 10.3. The molecule has 0 saturated carbocycles. The monoisotopic (exact) mass is 178 g/mol. The Morgan fingerprint density at radius 1 is 1.80 bits per heavy atom. The molecule has 0 aromatic heterocycles. The zero-order chi connectivity index (χ0) is 7.82. The molecule has 0 rings (SSSR count). The zero-order valence-electron chi connectivity index (χ0n) is 5.96. The van der Waals surface area contributed by atoms with E-state index in [9.17, 15) is 4.79 Å². The molecule has 0 bridgehead atoms. The molecule has 0 aromatic rings. The summed E-state index contributed by atoms with van der Waals surface area (Å²) in [7, 11) is 1.76. The van der Waals surface area contributed by atoms with Crippen LogP contribution in [-0.4, -0.2) is 36.6 Å². The van der Waals surface area contributed by atoms with Gasteiger partial charge in [-0.05, 0) is 12.8 Å². The van der Waals surface area contributed by atoms with Crippen LogP contribution in [0.1, 0.15) is 0 Å². The molecule has 10 heavy (non-hydrogen) atoms. The van der Waals surface area contributed by atoms with Crippen LogP contribution < -0.4 is 5.32 Å². The van der Waals surface area contributed by atoms with Gasteiger partial charge in [-0.15, -0.1) is 0 Å². The summed E-state index contributed by atoms with van der Waals surface area (Å²) in [5.41, 5.74) is 0. The Morgan fingerprint density at radius 2 is 2.50 bits per heavy atom. The molecule has 59 valence electrons. The Bertz CT molecular complexity index is 89.8. The molecule has 0 heterocycles. The molecule has 0 spiro atoms. The summed E-state index contributed by atoms with van der Waals surface area (Å²) in [4.78, 5) is 10.1. The number of hydrogen-bond donors (Lipinski definition) is 2. The zero-order valence-corrected chi connectivity index (χ0v) is 7.67. The highest BCUT2D eigenvalue weighted by molar-refractivity contribution is 8.00. The number of carbonyl (C=O) groups excluding carboxylic acids is 1. The molecule has 1 radical (unpaired) electrons. The van der Waals surface area contributed by atoms with Crippen LogP contribution in [0.15, 0.2) is 0 Å².